The molecule has 0 aliphatic heterocycles. The van der Waals surface area contributed by atoms with E-state index in [9.17, 15) is 14.0 Å². The van der Waals surface area contributed by atoms with Crippen LogP contribution in [0.5, 0.6) is 0 Å². The van der Waals surface area contributed by atoms with Gasteiger partial charge in [0.2, 0.25) is 0 Å². The molecule has 0 aliphatic carbocycles. The third-order valence-corrected chi connectivity index (χ3v) is 4.42. The maximum Gasteiger partial charge on any atom is 0.287 e. The molecule has 1 unspecified atom stereocenters. The van der Waals surface area contributed by atoms with Gasteiger partial charge in [-0.05, 0) is 25.1 Å². The van der Waals surface area contributed by atoms with E-state index >= 15 is 0 Å². The van der Waals surface area contributed by atoms with Crippen molar-refractivity contribution in [1.82, 2.24) is 9.88 Å². The molecule has 0 radical (unpaired) electrons. The Morgan fingerprint density at radius 3 is 2.85 bits per heavy atom. The summed E-state index contributed by atoms with van der Waals surface area (Å²) >= 11 is 1.26. The van der Waals surface area contributed by atoms with Crippen molar-refractivity contribution in [2.24, 2.45) is 4.99 Å². The molecule has 134 valence electrons. The highest BCUT2D eigenvalue weighted by molar-refractivity contribution is 7.07. The highest BCUT2D eigenvalue weighted by Crippen LogP contribution is 2.08. The van der Waals surface area contributed by atoms with E-state index in [1.54, 1.807) is 47.3 Å². The van der Waals surface area contributed by atoms with Gasteiger partial charge in [0.05, 0.1) is 12.8 Å². The number of furan rings is 1. The first-order valence-corrected chi connectivity index (χ1v) is 8.73. The van der Waals surface area contributed by atoms with Gasteiger partial charge in [0.25, 0.3) is 11.8 Å². The second-order valence-electron chi connectivity index (χ2n) is 5.53. The number of thiazole rings is 1. The fraction of sp³-hybridized carbons (Fsp3) is 0.167. The molecular formula is C18H16FN3O3S. The van der Waals surface area contributed by atoms with Crippen LogP contribution in [-0.2, 0) is 11.3 Å². The zero-order valence-electron chi connectivity index (χ0n) is 13.9. The lowest BCUT2D eigenvalue weighted by molar-refractivity contribution is -0.119. The number of rotatable bonds is 5. The highest BCUT2D eigenvalue weighted by Gasteiger charge is 2.18. The van der Waals surface area contributed by atoms with Crippen molar-refractivity contribution in [1.29, 1.82) is 0 Å². The molecule has 6 nitrogen and oxygen atoms in total. The lowest BCUT2D eigenvalue weighted by atomic mass is 10.2. The normalized spacial score (nSPS) is 12.8. The summed E-state index contributed by atoms with van der Waals surface area (Å²) in [5.41, 5.74) is 0.499. The van der Waals surface area contributed by atoms with Gasteiger partial charge in [0.15, 0.2) is 10.6 Å². The van der Waals surface area contributed by atoms with Crippen LogP contribution in [0.3, 0.4) is 0 Å². The van der Waals surface area contributed by atoms with Crippen molar-refractivity contribution >= 4 is 23.2 Å². The summed E-state index contributed by atoms with van der Waals surface area (Å²) in [5.74, 6) is -1.19. The molecule has 3 aromatic rings. The molecule has 0 saturated carbocycles. The number of amides is 2. The molecule has 2 aromatic heterocycles. The van der Waals surface area contributed by atoms with Crippen LogP contribution in [0, 0.1) is 5.82 Å². The molecule has 0 fully saturated rings. The molecule has 2 heterocycles. The van der Waals surface area contributed by atoms with E-state index in [0.29, 0.717) is 10.4 Å². The second kappa shape index (κ2) is 7.92. The van der Waals surface area contributed by atoms with Gasteiger partial charge in [-0.25, -0.2) is 4.39 Å². The average Bonchev–Trinajstić information content (AvgIpc) is 3.29. The lowest BCUT2D eigenvalue weighted by Gasteiger charge is -2.09. The molecule has 1 aromatic carbocycles. The van der Waals surface area contributed by atoms with Crippen molar-refractivity contribution in [3.05, 3.63) is 76.2 Å². The van der Waals surface area contributed by atoms with E-state index in [1.807, 2.05) is 0 Å². The standard InChI is InChI=1S/C18H16FN3O3S/c1-12(20-17(24)15-7-4-9-25-15)16(23)21-18-22(8-10-26-18)11-13-5-2-3-6-14(13)19/h2-10,12H,11H2,1H3,(H,20,24). The van der Waals surface area contributed by atoms with Crippen LogP contribution < -0.4 is 10.1 Å². The molecule has 3 rings (SSSR count). The smallest absolute Gasteiger partial charge is 0.287 e. The van der Waals surface area contributed by atoms with Gasteiger partial charge < -0.3 is 14.3 Å². The van der Waals surface area contributed by atoms with E-state index < -0.39 is 17.9 Å². The van der Waals surface area contributed by atoms with Crippen molar-refractivity contribution in [2.45, 2.75) is 19.5 Å². The van der Waals surface area contributed by atoms with Crippen LogP contribution in [-0.4, -0.2) is 22.4 Å². The largest absolute Gasteiger partial charge is 0.459 e. The van der Waals surface area contributed by atoms with Gasteiger partial charge in [-0.3, -0.25) is 9.59 Å². The Hall–Kier alpha value is -3.00. The van der Waals surface area contributed by atoms with E-state index in [2.05, 4.69) is 10.3 Å². The zero-order valence-corrected chi connectivity index (χ0v) is 14.7. The Kier molecular flexibility index (Phi) is 5.43. The number of hydrogen-bond donors (Lipinski definition) is 1. The van der Waals surface area contributed by atoms with Gasteiger partial charge in [-0.15, -0.1) is 11.3 Å². The Morgan fingerprint density at radius 2 is 2.12 bits per heavy atom. The zero-order chi connectivity index (χ0) is 18.5. The number of halogens is 1. The second-order valence-corrected chi connectivity index (χ2v) is 6.40. The topological polar surface area (TPSA) is 76.6 Å². The molecule has 26 heavy (non-hydrogen) atoms. The predicted octanol–water partition coefficient (Wildman–Crippen LogP) is 2.58. The number of nitrogens with zero attached hydrogens (tertiary/aromatic N) is 2. The molecule has 0 saturated heterocycles. The van der Waals surface area contributed by atoms with Gasteiger partial charge in [0, 0.05) is 17.1 Å². The summed E-state index contributed by atoms with van der Waals surface area (Å²) in [7, 11) is 0. The fourth-order valence-corrected chi connectivity index (χ4v) is 2.98. The number of carbonyl (C=O) groups excluding carboxylic acids is 2. The number of benzene rings is 1. The van der Waals surface area contributed by atoms with Crippen molar-refractivity contribution in [2.75, 3.05) is 0 Å². The van der Waals surface area contributed by atoms with Gasteiger partial charge in [0.1, 0.15) is 11.9 Å². The van der Waals surface area contributed by atoms with Crippen LogP contribution in [0.2, 0.25) is 0 Å². The Bertz CT molecular complexity index is 975. The number of carbonyl (C=O) groups is 2. The summed E-state index contributed by atoms with van der Waals surface area (Å²) in [5, 5.41) is 4.30. The third kappa shape index (κ3) is 4.15. The van der Waals surface area contributed by atoms with Gasteiger partial charge >= 0.3 is 0 Å². The average molecular weight is 373 g/mol. The van der Waals surface area contributed by atoms with Crippen LogP contribution in [0.4, 0.5) is 4.39 Å². The number of nitrogens with one attached hydrogen (secondary N) is 1. The molecule has 2 amide bonds. The van der Waals surface area contributed by atoms with E-state index in [1.165, 1.54) is 29.7 Å². The molecule has 8 heteroatoms. The Labute approximate surface area is 152 Å². The van der Waals surface area contributed by atoms with Crippen molar-refractivity contribution in [3.63, 3.8) is 0 Å². The first kappa shape index (κ1) is 17.8. The van der Waals surface area contributed by atoms with Crippen LogP contribution in [0.25, 0.3) is 0 Å². The Balaban J connectivity index is 1.73. The molecule has 0 bridgehead atoms. The Morgan fingerprint density at radius 1 is 1.31 bits per heavy atom. The summed E-state index contributed by atoms with van der Waals surface area (Å²) < 4.78 is 20.5. The number of aromatic nitrogens is 1. The van der Waals surface area contributed by atoms with Crippen molar-refractivity contribution < 1.29 is 18.4 Å². The maximum absolute atomic E-state index is 13.8. The minimum absolute atomic E-state index is 0.121. The minimum Gasteiger partial charge on any atom is -0.459 e. The predicted molar refractivity (Wildman–Crippen MR) is 94.0 cm³/mol. The quantitative estimate of drug-likeness (QED) is 0.747. The van der Waals surface area contributed by atoms with Crippen LogP contribution in [0.1, 0.15) is 23.0 Å². The summed E-state index contributed by atoms with van der Waals surface area (Å²) in [6.45, 7) is 1.80. The van der Waals surface area contributed by atoms with Gasteiger partial charge in [-0.2, -0.15) is 4.99 Å². The maximum atomic E-state index is 13.8. The summed E-state index contributed by atoms with van der Waals surface area (Å²) in [6, 6.07) is 8.70. The lowest BCUT2D eigenvalue weighted by Crippen LogP contribution is -2.38. The SMILES string of the molecule is CC(NC(=O)c1ccco1)C(=O)N=c1sccn1Cc1ccccc1F. The molecule has 1 atom stereocenters. The van der Waals surface area contributed by atoms with Crippen LogP contribution >= 0.6 is 11.3 Å². The highest BCUT2D eigenvalue weighted by atomic mass is 32.1. The summed E-state index contributed by atoms with van der Waals surface area (Å²) in [6.07, 6.45) is 3.11. The number of hydrogen-bond acceptors (Lipinski definition) is 4. The minimum atomic E-state index is -0.823. The third-order valence-electron chi connectivity index (χ3n) is 3.63. The first-order valence-electron chi connectivity index (χ1n) is 7.85. The van der Waals surface area contributed by atoms with E-state index in [0.717, 1.165) is 0 Å². The molecule has 1 N–H and O–H groups in total. The van der Waals surface area contributed by atoms with E-state index in [-0.39, 0.29) is 18.1 Å². The fourth-order valence-electron chi connectivity index (χ4n) is 2.25. The van der Waals surface area contributed by atoms with E-state index in [4.69, 9.17) is 4.42 Å². The van der Waals surface area contributed by atoms with Crippen LogP contribution in [0.15, 0.2) is 63.6 Å². The summed E-state index contributed by atoms with van der Waals surface area (Å²) in [4.78, 5) is 28.7. The van der Waals surface area contributed by atoms with Crippen molar-refractivity contribution in [3.8, 4) is 0 Å². The van der Waals surface area contributed by atoms with Gasteiger partial charge in [-0.1, -0.05) is 18.2 Å². The molecule has 0 spiro atoms. The monoisotopic (exact) mass is 373 g/mol. The molecule has 0 aliphatic rings. The first-order chi connectivity index (χ1) is 12.5. The molecular weight excluding hydrogens is 357 g/mol.